The number of para-hydroxylation sites is 4. The third kappa shape index (κ3) is 5.30. The largest absolute Gasteiger partial charge is 0.310 e. The van der Waals surface area contributed by atoms with Crippen molar-refractivity contribution in [2.45, 2.75) is 24.7 Å². The van der Waals surface area contributed by atoms with Gasteiger partial charge in [-0.2, -0.15) is 0 Å². The number of rotatable bonds is 4. The molecule has 3 heterocycles. The van der Waals surface area contributed by atoms with E-state index in [1.807, 2.05) is 6.92 Å². The van der Waals surface area contributed by atoms with Crippen LogP contribution in [-0.4, -0.2) is 9.97 Å². The van der Waals surface area contributed by atoms with Crippen molar-refractivity contribution in [2.75, 3.05) is 9.80 Å². The Balaban J connectivity index is 0.798. The molecule has 2 aliphatic carbocycles. The molecule has 4 heteroatoms. The lowest BCUT2D eigenvalue weighted by atomic mass is 9.64. The van der Waals surface area contributed by atoms with E-state index in [0.29, 0.717) is 0 Å². The van der Waals surface area contributed by atoms with Crippen molar-refractivity contribution < 1.29 is 0 Å². The molecule has 0 amide bonds. The minimum atomic E-state index is -0.443. The van der Waals surface area contributed by atoms with Crippen LogP contribution in [0, 0.1) is 13.8 Å². The van der Waals surface area contributed by atoms with Gasteiger partial charge in [-0.1, -0.05) is 194 Å². The Morgan fingerprint density at radius 2 is 0.528 bits per heavy atom. The van der Waals surface area contributed by atoms with Crippen LogP contribution in [0.4, 0.5) is 34.1 Å². The Hall–Kier alpha value is -9.12. The van der Waals surface area contributed by atoms with Gasteiger partial charge in [0.05, 0.1) is 45.0 Å². The van der Waals surface area contributed by atoms with Crippen LogP contribution in [-0.2, 0) is 10.8 Å². The van der Waals surface area contributed by atoms with Crippen molar-refractivity contribution in [3.8, 4) is 44.8 Å². The van der Waals surface area contributed by atoms with Crippen molar-refractivity contribution in [3.05, 3.63) is 299 Å². The lowest BCUT2D eigenvalue weighted by Gasteiger charge is -2.45. The highest BCUT2D eigenvalue weighted by Gasteiger charge is 2.53. The van der Waals surface area contributed by atoms with Gasteiger partial charge in [0.15, 0.2) is 0 Å². The second kappa shape index (κ2) is 15.2. The van der Waals surface area contributed by atoms with Gasteiger partial charge in [-0.3, -0.25) is 0 Å². The number of aryl methyl sites for hydroxylation is 1. The maximum Gasteiger partial charge on any atom is 0.126 e. The van der Waals surface area contributed by atoms with Gasteiger partial charge in [0, 0.05) is 28.1 Å². The molecule has 0 N–H and O–H groups in total. The van der Waals surface area contributed by atoms with Gasteiger partial charge in [0.25, 0.3) is 0 Å². The maximum absolute atomic E-state index is 5.11. The molecule has 0 bridgehead atoms. The zero-order valence-electron chi connectivity index (χ0n) is 39.9. The number of fused-ring (bicyclic) bond motifs is 18. The van der Waals surface area contributed by atoms with Crippen LogP contribution in [0.5, 0.6) is 0 Å². The van der Waals surface area contributed by atoms with Gasteiger partial charge >= 0.3 is 0 Å². The Bertz CT molecular complexity index is 3590. The zero-order chi connectivity index (χ0) is 47.7. The van der Waals surface area contributed by atoms with Gasteiger partial charge in [-0.25, -0.2) is 9.97 Å². The van der Waals surface area contributed by atoms with Crippen LogP contribution < -0.4 is 9.80 Å². The Morgan fingerprint density at radius 1 is 0.278 bits per heavy atom. The Morgan fingerprint density at radius 3 is 0.819 bits per heavy atom. The molecule has 4 nitrogen and oxygen atoms in total. The highest BCUT2D eigenvalue weighted by molar-refractivity contribution is 5.98. The molecule has 11 aromatic rings. The summed E-state index contributed by atoms with van der Waals surface area (Å²) in [6.07, 6.45) is 0. The molecule has 0 atom stereocenters. The first-order valence-corrected chi connectivity index (χ1v) is 25.0. The first kappa shape index (κ1) is 40.7. The molecule has 1 aromatic heterocycles. The van der Waals surface area contributed by atoms with E-state index < -0.39 is 10.8 Å². The predicted octanol–water partition coefficient (Wildman–Crippen LogP) is 16.7. The van der Waals surface area contributed by atoms with E-state index in [0.717, 1.165) is 45.3 Å². The summed E-state index contributed by atoms with van der Waals surface area (Å²) in [6, 6.07) is 89.8. The average Bonchev–Trinajstić information content (AvgIpc) is 3.91. The average molecular weight is 919 g/mol. The first-order chi connectivity index (χ1) is 35.6. The minimum Gasteiger partial charge on any atom is -0.310 e. The molecular formula is C68H46N4. The second-order valence-electron chi connectivity index (χ2n) is 19.6. The number of anilines is 6. The van der Waals surface area contributed by atoms with Crippen molar-refractivity contribution in [3.63, 3.8) is 0 Å². The second-order valence-corrected chi connectivity index (χ2v) is 19.6. The molecule has 0 fully saturated rings. The first-order valence-electron chi connectivity index (χ1n) is 25.0. The van der Waals surface area contributed by atoms with Crippen LogP contribution in [0.1, 0.15) is 55.9 Å². The van der Waals surface area contributed by atoms with Gasteiger partial charge < -0.3 is 9.80 Å². The van der Waals surface area contributed by atoms with E-state index in [1.54, 1.807) is 0 Å². The minimum absolute atomic E-state index is 0.443. The molecule has 0 saturated heterocycles. The molecule has 0 saturated carbocycles. The van der Waals surface area contributed by atoms with E-state index in [4.69, 9.17) is 9.97 Å². The lowest BCUT2D eigenvalue weighted by Crippen LogP contribution is -2.36. The fraction of sp³-hybridized carbons (Fsp3) is 0.0588. The topological polar surface area (TPSA) is 32.3 Å². The van der Waals surface area contributed by atoms with Crippen molar-refractivity contribution in [1.82, 2.24) is 9.97 Å². The van der Waals surface area contributed by atoms with Crippen molar-refractivity contribution >= 4 is 34.1 Å². The number of aromatic nitrogens is 2. The molecule has 0 radical (unpaired) electrons. The van der Waals surface area contributed by atoms with E-state index in [-0.39, 0.29) is 0 Å². The van der Waals surface area contributed by atoms with Crippen LogP contribution in [0.15, 0.2) is 243 Å². The van der Waals surface area contributed by atoms with Gasteiger partial charge in [0.2, 0.25) is 0 Å². The van der Waals surface area contributed by atoms with Crippen LogP contribution in [0.3, 0.4) is 0 Å². The summed E-state index contributed by atoms with van der Waals surface area (Å²) in [5.74, 6) is 0.737. The zero-order valence-corrected chi connectivity index (χ0v) is 39.9. The standard InChI is InChI=1S/C68H46N4/c1-43-65(45-35-39-47(40-36-45)71-61-31-15-11-27-57(61)67(58-28-12-16-32-62(58)71)53-23-7-3-19-49(53)50-20-4-8-24-54(50)67)69-44(2)70-66(43)46-37-41-48(42-38-46)72-63-33-17-13-29-59(63)68(60-30-14-18-34-64(60)72)55-25-9-5-21-51(55)52-22-6-10-26-56(52)68/h3-42H,1-2H3. The van der Waals surface area contributed by atoms with E-state index in [1.165, 1.54) is 89.5 Å². The SMILES string of the molecule is Cc1nc(-c2ccc(N3c4ccccc4C4(c5ccccc5-c5ccccc54)c4ccccc43)cc2)c(C)c(-c2ccc(N3c4ccccc4C4(c5ccccc5-c5ccccc54)c4ccccc43)cc2)n1. The quantitative estimate of drug-likeness (QED) is 0.176. The van der Waals surface area contributed by atoms with E-state index >= 15 is 0 Å². The highest BCUT2D eigenvalue weighted by atomic mass is 15.2. The lowest BCUT2D eigenvalue weighted by molar-refractivity contribution is 0.752. The third-order valence-electron chi connectivity index (χ3n) is 16.2. The van der Waals surface area contributed by atoms with Crippen LogP contribution in [0.2, 0.25) is 0 Å². The smallest absolute Gasteiger partial charge is 0.126 e. The summed E-state index contributed by atoms with van der Waals surface area (Å²) in [6.45, 7) is 4.16. The van der Waals surface area contributed by atoms with Gasteiger partial charge in [0.1, 0.15) is 5.82 Å². The Labute approximate surface area is 419 Å². The monoisotopic (exact) mass is 918 g/mol. The molecule has 2 aliphatic heterocycles. The molecule has 338 valence electrons. The number of nitrogens with zero attached hydrogens (tertiary/aromatic N) is 4. The fourth-order valence-electron chi connectivity index (χ4n) is 13.4. The normalized spacial score (nSPS) is 14.4. The number of benzene rings is 10. The summed E-state index contributed by atoms with van der Waals surface area (Å²) >= 11 is 0. The number of hydrogen-bond acceptors (Lipinski definition) is 4. The van der Waals surface area contributed by atoms with E-state index in [9.17, 15) is 0 Å². The third-order valence-corrected chi connectivity index (χ3v) is 16.2. The molecular weight excluding hydrogens is 873 g/mol. The fourth-order valence-corrected chi connectivity index (χ4v) is 13.4. The summed E-state index contributed by atoms with van der Waals surface area (Å²) < 4.78 is 0. The van der Waals surface area contributed by atoms with Crippen molar-refractivity contribution in [1.29, 1.82) is 0 Å². The summed E-state index contributed by atoms with van der Waals surface area (Å²) in [5, 5.41) is 0. The van der Waals surface area contributed by atoms with Crippen LogP contribution in [0.25, 0.3) is 44.8 Å². The molecule has 0 unspecified atom stereocenters. The molecule has 2 spiro atoms. The highest BCUT2D eigenvalue weighted by Crippen LogP contribution is 2.65. The number of hydrogen-bond donors (Lipinski definition) is 0. The van der Waals surface area contributed by atoms with Crippen molar-refractivity contribution in [2.24, 2.45) is 0 Å². The summed E-state index contributed by atoms with van der Waals surface area (Å²) in [4.78, 5) is 15.1. The van der Waals surface area contributed by atoms with E-state index in [2.05, 4.69) is 259 Å². The van der Waals surface area contributed by atoms with Gasteiger partial charge in [-0.05, 0) is 129 Å². The predicted molar refractivity (Wildman–Crippen MR) is 293 cm³/mol. The molecule has 10 aromatic carbocycles. The molecule has 4 aliphatic rings. The maximum atomic E-state index is 5.11. The summed E-state index contributed by atoms with van der Waals surface area (Å²) in [5.41, 5.74) is 26.7. The molecule has 15 rings (SSSR count). The van der Waals surface area contributed by atoms with Gasteiger partial charge in [-0.15, -0.1) is 0 Å². The summed E-state index contributed by atoms with van der Waals surface area (Å²) in [7, 11) is 0. The van der Waals surface area contributed by atoms with Crippen LogP contribution >= 0.6 is 0 Å². The Kier molecular flexibility index (Phi) is 8.59. The molecule has 72 heavy (non-hydrogen) atoms.